The Morgan fingerprint density at radius 3 is 2.88 bits per heavy atom. The van der Waals surface area contributed by atoms with Crippen molar-refractivity contribution < 1.29 is 18.3 Å². The summed E-state index contributed by atoms with van der Waals surface area (Å²) in [7, 11) is -2.28. The molecule has 0 bridgehead atoms. The highest BCUT2D eigenvalue weighted by atomic mass is 79.9. The predicted molar refractivity (Wildman–Crippen MR) is 100 cm³/mol. The van der Waals surface area contributed by atoms with Crippen LogP contribution in [-0.2, 0) is 17.1 Å². The average molecular weight is 441 g/mol. The van der Waals surface area contributed by atoms with Crippen molar-refractivity contribution >= 4 is 43.6 Å². The van der Waals surface area contributed by atoms with Crippen molar-refractivity contribution in [1.29, 1.82) is 0 Å². The van der Waals surface area contributed by atoms with Gasteiger partial charge in [-0.05, 0) is 35.0 Å². The van der Waals surface area contributed by atoms with E-state index in [0.29, 0.717) is 10.3 Å². The molecule has 1 aliphatic heterocycles. The summed E-state index contributed by atoms with van der Waals surface area (Å²) in [5.41, 5.74) is 0.988. The van der Waals surface area contributed by atoms with Crippen LogP contribution in [0, 0.1) is 0 Å². The summed E-state index contributed by atoms with van der Waals surface area (Å²) in [6, 6.07) is 2.49. The van der Waals surface area contributed by atoms with Crippen LogP contribution in [0.25, 0.3) is 6.08 Å². The smallest absolute Gasteiger partial charge is 0.272 e. The largest absolute Gasteiger partial charge is 0.391 e. The summed E-state index contributed by atoms with van der Waals surface area (Å²) in [5.74, 6) is -0.456. The SMILES string of the molecule is C[C@H](O)[C@H]1C=Cc2c(cn(C)c2C(=O)Nc2ccnc(Br)c2)S(=O)(=O)N1. The molecule has 3 rings (SSSR count). The molecule has 0 fully saturated rings. The van der Waals surface area contributed by atoms with Crippen molar-refractivity contribution in [2.75, 3.05) is 5.32 Å². The summed E-state index contributed by atoms with van der Waals surface area (Å²) >= 11 is 3.23. The molecule has 10 heteroatoms. The molecule has 1 aliphatic rings. The number of aromatic nitrogens is 2. The van der Waals surface area contributed by atoms with Crippen molar-refractivity contribution in [3.05, 3.63) is 46.5 Å². The summed E-state index contributed by atoms with van der Waals surface area (Å²) < 4.78 is 29.6. The zero-order valence-corrected chi connectivity index (χ0v) is 16.4. The standard InChI is InChI=1S/C16H17BrN4O4S/c1-9(22)12-4-3-11-13(26(24,25)20-12)8-21(2)15(11)16(23)19-10-5-6-18-14(17)7-10/h3-9,12,20,22H,1-2H3,(H,18,19,23)/t9-,12+/m0/s1. The van der Waals surface area contributed by atoms with Gasteiger partial charge in [0, 0.05) is 30.7 Å². The molecular weight excluding hydrogens is 424 g/mol. The molecule has 0 spiro atoms. The Labute approximate surface area is 159 Å². The van der Waals surface area contributed by atoms with E-state index in [-0.39, 0.29) is 16.2 Å². The van der Waals surface area contributed by atoms with Crippen LogP contribution in [0.3, 0.4) is 0 Å². The van der Waals surface area contributed by atoms with E-state index >= 15 is 0 Å². The van der Waals surface area contributed by atoms with E-state index in [1.165, 1.54) is 30.0 Å². The first-order chi connectivity index (χ1) is 12.2. The minimum atomic E-state index is -3.88. The number of carbonyl (C=O) groups is 1. The molecule has 138 valence electrons. The first-order valence-corrected chi connectivity index (χ1v) is 9.97. The van der Waals surface area contributed by atoms with Gasteiger partial charge in [0.25, 0.3) is 5.91 Å². The fourth-order valence-electron chi connectivity index (χ4n) is 2.69. The Morgan fingerprint density at radius 2 is 2.23 bits per heavy atom. The number of carbonyl (C=O) groups excluding carboxylic acids is 1. The van der Waals surface area contributed by atoms with Crippen LogP contribution in [0.5, 0.6) is 0 Å². The normalized spacial score (nSPS) is 19.5. The zero-order valence-electron chi connectivity index (χ0n) is 14.0. The van der Waals surface area contributed by atoms with Crippen molar-refractivity contribution in [1.82, 2.24) is 14.3 Å². The predicted octanol–water partition coefficient (Wildman–Crippen LogP) is 1.49. The monoisotopic (exact) mass is 440 g/mol. The Bertz CT molecular complexity index is 998. The van der Waals surface area contributed by atoms with E-state index in [0.717, 1.165) is 0 Å². The number of pyridine rings is 1. The first kappa shape index (κ1) is 18.8. The molecule has 0 radical (unpaired) electrons. The Balaban J connectivity index is 2.04. The van der Waals surface area contributed by atoms with Crippen LogP contribution in [0.4, 0.5) is 5.69 Å². The third-order valence-electron chi connectivity index (χ3n) is 3.95. The summed E-state index contributed by atoms with van der Waals surface area (Å²) in [6.07, 6.45) is 5.08. The second kappa shape index (κ2) is 6.95. The van der Waals surface area contributed by atoms with E-state index in [4.69, 9.17) is 0 Å². The fourth-order valence-corrected chi connectivity index (χ4v) is 4.56. The van der Waals surface area contributed by atoms with Gasteiger partial charge >= 0.3 is 0 Å². The van der Waals surface area contributed by atoms with Gasteiger partial charge in [-0.3, -0.25) is 4.79 Å². The van der Waals surface area contributed by atoms with Gasteiger partial charge in [0.1, 0.15) is 15.2 Å². The van der Waals surface area contributed by atoms with Crippen LogP contribution in [0.2, 0.25) is 0 Å². The second-order valence-corrected chi connectivity index (χ2v) is 8.43. The van der Waals surface area contributed by atoms with Gasteiger partial charge in [-0.1, -0.05) is 12.2 Å². The average Bonchev–Trinajstić information content (AvgIpc) is 2.82. The topological polar surface area (TPSA) is 113 Å². The van der Waals surface area contributed by atoms with Crippen LogP contribution in [-0.4, -0.2) is 41.1 Å². The Kier molecular flexibility index (Phi) is 5.02. The maximum Gasteiger partial charge on any atom is 0.272 e. The van der Waals surface area contributed by atoms with Gasteiger partial charge in [-0.15, -0.1) is 0 Å². The summed E-state index contributed by atoms with van der Waals surface area (Å²) in [4.78, 5) is 16.7. The molecule has 1 amide bonds. The number of aliphatic hydroxyl groups excluding tert-OH is 1. The minimum absolute atomic E-state index is 0.0135. The lowest BCUT2D eigenvalue weighted by Crippen LogP contribution is -2.39. The van der Waals surface area contributed by atoms with Crippen LogP contribution in [0.15, 0.2) is 40.1 Å². The molecule has 0 aliphatic carbocycles. The molecule has 8 nitrogen and oxygen atoms in total. The van der Waals surface area contributed by atoms with Crippen LogP contribution >= 0.6 is 15.9 Å². The van der Waals surface area contributed by atoms with E-state index in [1.807, 2.05) is 0 Å². The number of nitrogens with zero attached hydrogens (tertiary/aromatic N) is 2. The lowest BCUT2D eigenvalue weighted by Gasteiger charge is -2.15. The van der Waals surface area contributed by atoms with Crippen molar-refractivity contribution in [3.8, 4) is 0 Å². The maximum atomic E-state index is 12.8. The van der Waals surface area contributed by atoms with Gasteiger partial charge in [0.15, 0.2) is 0 Å². The van der Waals surface area contributed by atoms with Crippen molar-refractivity contribution in [2.24, 2.45) is 7.05 Å². The Morgan fingerprint density at radius 1 is 1.50 bits per heavy atom. The van der Waals surface area contributed by atoms with Crippen LogP contribution < -0.4 is 10.0 Å². The highest BCUT2D eigenvalue weighted by Gasteiger charge is 2.31. The van der Waals surface area contributed by atoms with Gasteiger partial charge in [0.05, 0.1) is 12.1 Å². The van der Waals surface area contributed by atoms with Crippen LogP contribution in [0.1, 0.15) is 23.0 Å². The maximum absolute atomic E-state index is 12.8. The number of rotatable bonds is 3. The van der Waals surface area contributed by atoms with E-state index in [2.05, 4.69) is 31.0 Å². The summed E-state index contributed by atoms with van der Waals surface area (Å²) in [5, 5.41) is 12.5. The third kappa shape index (κ3) is 3.58. The number of nitrogens with one attached hydrogen (secondary N) is 2. The van der Waals surface area contributed by atoms with E-state index in [9.17, 15) is 18.3 Å². The molecule has 0 saturated heterocycles. The zero-order chi connectivity index (χ0) is 19.1. The third-order valence-corrected chi connectivity index (χ3v) is 5.87. The van der Waals surface area contributed by atoms with Crippen molar-refractivity contribution in [3.63, 3.8) is 0 Å². The fraction of sp³-hybridized carbons (Fsp3) is 0.250. The number of aryl methyl sites for hydroxylation is 1. The van der Waals surface area contributed by atoms with Gasteiger partial charge in [-0.2, -0.15) is 0 Å². The second-order valence-electron chi connectivity index (χ2n) is 5.93. The molecule has 0 aromatic carbocycles. The van der Waals surface area contributed by atoms with E-state index < -0.39 is 28.1 Å². The molecule has 2 atom stereocenters. The number of hydrogen-bond donors (Lipinski definition) is 3. The molecule has 2 aromatic heterocycles. The number of anilines is 1. The Hall–Kier alpha value is -2.01. The van der Waals surface area contributed by atoms with E-state index in [1.54, 1.807) is 25.3 Å². The number of hydrogen-bond acceptors (Lipinski definition) is 5. The van der Waals surface area contributed by atoms with Gasteiger partial charge in [-0.25, -0.2) is 18.1 Å². The van der Waals surface area contributed by atoms with Crippen molar-refractivity contribution in [2.45, 2.75) is 24.0 Å². The molecule has 2 aromatic rings. The lowest BCUT2D eigenvalue weighted by molar-refractivity contribution is 0.101. The first-order valence-electron chi connectivity index (χ1n) is 7.70. The molecule has 0 saturated carbocycles. The number of fused-ring (bicyclic) bond motifs is 1. The molecule has 3 heterocycles. The number of aliphatic hydroxyl groups is 1. The lowest BCUT2D eigenvalue weighted by atomic mass is 10.1. The van der Waals surface area contributed by atoms with Gasteiger partial charge in [0.2, 0.25) is 10.0 Å². The molecule has 3 N–H and O–H groups in total. The summed E-state index contributed by atoms with van der Waals surface area (Å²) in [6.45, 7) is 1.49. The highest BCUT2D eigenvalue weighted by Crippen LogP contribution is 2.27. The number of amides is 1. The quantitative estimate of drug-likeness (QED) is 0.625. The molecule has 0 unspecified atom stereocenters. The molecule has 26 heavy (non-hydrogen) atoms. The molecular formula is C16H17BrN4O4S. The van der Waals surface area contributed by atoms with Gasteiger partial charge < -0.3 is 15.0 Å². The number of sulfonamides is 1. The number of halogens is 1. The minimum Gasteiger partial charge on any atom is -0.391 e. The highest BCUT2D eigenvalue weighted by molar-refractivity contribution is 9.10.